The Morgan fingerprint density at radius 1 is 1.53 bits per heavy atom. The molecule has 2 rings (SSSR count). The third-order valence-corrected chi connectivity index (χ3v) is 3.57. The van der Waals surface area contributed by atoms with Crippen molar-refractivity contribution < 1.29 is 4.74 Å². The molecule has 2 heterocycles. The highest BCUT2D eigenvalue weighted by atomic mass is 79.9. The molecule has 0 spiro atoms. The van der Waals surface area contributed by atoms with E-state index in [-0.39, 0.29) is 0 Å². The summed E-state index contributed by atoms with van der Waals surface area (Å²) in [4.78, 5) is 1.11. The molecule has 0 bridgehead atoms. The molecular weight excluding hydrogens is 278 g/mol. The second-order valence-electron chi connectivity index (χ2n) is 2.94. The van der Waals surface area contributed by atoms with Crippen molar-refractivity contribution >= 4 is 27.3 Å². The molecule has 0 aliphatic carbocycles. The second kappa shape index (κ2) is 4.87. The lowest BCUT2D eigenvalue weighted by atomic mass is 10.4. The molecule has 2 aromatic rings. The standard InChI is InChI=1S/C9H10BrN3OS/c1-14-5-4-13-6-11-12-9(13)7-2-3-8(10)15-7/h2-3,6H,4-5H2,1H3. The first-order valence-corrected chi connectivity index (χ1v) is 6.04. The van der Waals surface area contributed by atoms with Gasteiger partial charge in [0.2, 0.25) is 0 Å². The molecule has 0 N–H and O–H groups in total. The summed E-state index contributed by atoms with van der Waals surface area (Å²) in [6.45, 7) is 1.44. The van der Waals surface area contributed by atoms with Crippen LogP contribution in [-0.2, 0) is 11.3 Å². The zero-order valence-corrected chi connectivity index (χ0v) is 10.6. The number of thiophene rings is 1. The van der Waals surface area contributed by atoms with Gasteiger partial charge in [-0.1, -0.05) is 0 Å². The summed E-state index contributed by atoms with van der Waals surface area (Å²) in [5.41, 5.74) is 0. The zero-order valence-electron chi connectivity index (χ0n) is 8.18. The Kier molecular flexibility index (Phi) is 3.50. The van der Waals surface area contributed by atoms with Crippen molar-refractivity contribution in [2.24, 2.45) is 0 Å². The largest absolute Gasteiger partial charge is 0.383 e. The maximum Gasteiger partial charge on any atom is 0.173 e. The van der Waals surface area contributed by atoms with Crippen molar-refractivity contribution in [3.63, 3.8) is 0 Å². The van der Waals surface area contributed by atoms with Gasteiger partial charge in [-0.3, -0.25) is 0 Å². The fourth-order valence-electron chi connectivity index (χ4n) is 1.23. The minimum absolute atomic E-state index is 0.664. The SMILES string of the molecule is COCCn1cnnc1-c1ccc(Br)s1. The molecule has 0 saturated carbocycles. The van der Waals surface area contributed by atoms with E-state index >= 15 is 0 Å². The lowest BCUT2D eigenvalue weighted by Crippen LogP contribution is -2.04. The van der Waals surface area contributed by atoms with E-state index < -0.39 is 0 Å². The number of rotatable bonds is 4. The summed E-state index contributed by atoms with van der Waals surface area (Å²) in [6, 6.07) is 4.04. The van der Waals surface area contributed by atoms with Gasteiger partial charge in [0.15, 0.2) is 5.82 Å². The first-order valence-electron chi connectivity index (χ1n) is 4.43. The van der Waals surface area contributed by atoms with Crippen LogP contribution >= 0.6 is 27.3 Å². The molecule has 80 valence electrons. The van der Waals surface area contributed by atoms with Crippen LogP contribution in [0.1, 0.15) is 0 Å². The Morgan fingerprint density at radius 3 is 3.07 bits per heavy atom. The van der Waals surface area contributed by atoms with Crippen LogP contribution in [-0.4, -0.2) is 28.5 Å². The molecule has 0 saturated heterocycles. The Labute approximate surface area is 100 Å². The molecule has 0 radical (unpaired) electrons. The molecule has 0 atom stereocenters. The van der Waals surface area contributed by atoms with Crippen LogP contribution in [0.3, 0.4) is 0 Å². The van der Waals surface area contributed by atoms with E-state index in [1.54, 1.807) is 24.8 Å². The average molecular weight is 288 g/mol. The van der Waals surface area contributed by atoms with Gasteiger partial charge in [0.1, 0.15) is 6.33 Å². The quantitative estimate of drug-likeness (QED) is 0.867. The molecule has 2 aromatic heterocycles. The molecule has 0 fully saturated rings. The van der Waals surface area contributed by atoms with Crippen LogP contribution in [0.15, 0.2) is 22.2 Å². The van der Waals surface area contributed by atoms with E-state index in [4.69, 9.17) is 4.74 Å². The average Bonchev–Trinajstić information content (AvgIpc) is 2.82. The van der Waals surface area contributed by atoms with Crippen LogP contribution in [0.5, 0.6) is 0 Å². The van der Waals surface area contributed by atoms with E-state index in [2.05, 4.69) is 26.1 Å². The van der Waals surface area contributed by atoms with Crippen LogP contribution in [0.25, 0.3) is 10.7 Å². The van der Waals surface area contributed by atoms with Crippen molar-refractivity contribution in [1.82, 2.24) is 14.8 Å². The Hall–Kier alpha value is -0.720. The summed E-state index contributed by atoms with van der Waals surface area (Å²) in [5.74, 6) is 0.891. The first-order chi connectivity index (χ1) is 7.31. The topological polar surface area (TPSA) is 39.9 Å². The highest BCUT2D eigenvalue weighted by Crippen LogP contribution is 2.29. The van der Waals surface area contributed by atoms with E-state index in [0.717, 1.165) is 21.0 Å². The van der Waals surface area contributed by atoms with Crippen LogP contribution in [0.2, 0.25) is 0 Å². The fourth-order valence-corrected chi connectivity index (χ4v) is 2.62. The third-order valence-electron chi connectivity index (χ3n) is 1.95. The number of methoxy groups -OCH3 is 1. The number of nitrogens with zero attached hydrogens (tertiary/aromatic N) is 3. The van der Waals surface area contributed by atoms with Gasteiger partial charge in [-0.2, -0.15) is 0 Å². The fraction of sp³-hybridized carbons (Fsp3) is 0.333. The van der Waals surface area contributed by atoms with Crippen molar-refractivity contribution in [1.29, 1.82) is 0 Å². The van der Waals surface area contributed by atoms with Gasteiger partial charge < -0.3 is 9.30 Å². The summed E-state index contributed by atoms with van der Waals surface area (Å²) in [5, 5.41) is 8.01. The lowest BCUT2D eigenvalue weighted by molar-refractivity contribution is 0.187. The zero-order chi connectivity index (χ0) is 10.7. The summed E-state index contributed by atoms with van der Waals surface area (Å²) >= 11 is 5.08. The highest BCUT2D eigenvalue weighted by molar-refractivity contribution is 9.11. The lowest BCUT2D eigenvalue weighted by Gasteiger charge is -2.03. The maximum atomic E-state index is 5.03. The molecule has 0 aliphatic heterocycles. The number of aromatic nitrogens is 3. The van der Waals surface area contributed by atoms with Gasteiger partial charge in [-0.15, -0.1) is 21.5 Å². The van der Waals surface area contributed by atoms with Gasteiger partial charge in [-0.25, -0.2) is 0 Å². The second-order valence-corrected chi connectivity index (χ2v) is 5.41. The van der Waals surface area contributed by atoms with Crippen molar-refractivity contribution in [3.05, 3.63) is 22.2 Å². The van der Waals surface area contributed by atoms with Gasteiger partial charge in [-0.05, 0) is 28.1 Å². The molecule has 6 heteroatoms. The van der Waals surface area contributed by atoms with Gasteiger partial charge >= 0.3 is 0 Å². The monoisotopic (exact) mass is 287 g/mol. The van der Waals surface area contributed by atoms with E-state index in [9.17, 15) is 0 Å². The van der Waals surface area contributed by atoms with E-state index in [0.29, 0.717) is 6.61 Å². The molecule has 4 nitrogen and oxygen atoms in total. The Morgan fingerprint density at radius 2 is 2.40 bits per heavy atom. The van der Waals surface area contributed by atoms with Crippen molar-refractivity contribution in [2.45, 2.75) is 6.54 Å². The Bertz CT molecular complexity index is 440. The van der Waals surface area contributed by atoms with E-state index in [1.807, 2.05) is 16.7 Å². The molecule has 0 unspecified atom stereocenters. The summed E-state index contributed by atoms with van der Waals surface area (Å²) in [6.07, 6.45) is 1.72. The predicted molar refractivity (Wildman–Crippen MR) is 62.9 cm³/mol. The molecule has 15 heavy (non-hydrogen) atoms. The van der Waals surface area contributed by atoms with E-state index in [1.165, 1.54) is 0 Å². The number of halogens is 1. The van der Waals surface area contributed by atoms with Gasteiger partial charge in [0.25, 0.3) is 0 Å². The normalized spacial score (nSPS) is 10.8. The molecular formula is C9H10BrN3OS. The van der Waals surface area contributed by atoms with Gasteiger partial charge in [0.05, 0.1) is 15.3 Å². The summed E-state index contributed by atoms with van der Waals surface area (Å²) in [7, 11) is 1.69. The minimum atomic E-state index is 0.664. The molecule has 0 amide bonds. The first kappa shape index (κ1) is 10.8. The smallest absolute Gasteiger partial charge is 0.173 e. The van der Waals surface area contributed by atoms with Crippen molar-refractivity contribution in [2.75, 3.05) is 13.7 Å². The molecule has 0 aliphatic rings. The minimum Gasteiger partial charge on any atom is -0.383 e. The van der Waals surface area contributed by atoms with Gasteiger partial charge in [0, 0.05) is 13.7 Å². The summed E-state index contributed by atoms with van der Waals surface area (Å²) < 4.78 is 8.11. The van der Waals surface area contributed by atoms with Crippen molar-refractivity contribution in [3.8, 4) is 10.7 Å². The molecule has 0 aromatic carbocycles. The number of ether oxygens (including phenoxy) is 1. The van der Waals surface area contributed by atoms with Crippen LogP contribution in [0.4, 0.5) is 0 Å². The Balaban J connectivity index is 2.24. The predicted octanol–water partition coefficient (Wildman–Crippen LogP) is 2.42. The maximum absolute atomic E-state index is 5.03. The van der Waals surface area contributed by atoms with Crippen LogP contribution in [0, 0.1) is 0 Å². The third kappa shape index (κ3) is 2.45. The highest BCUT2D eigenvalue weighted by Gasteiger charge is 2.08. The van der Waals surface area contributed by atoms with Crippen LogP contribution < -0.4 is 0 Å². The number of hydrogen-bond acceptors (Lipinski definition) is 4. The number of hydrogen-bond donors (Lipinski definition) is 0.